The highest BCUT2D eigenvalue weighted by Crippen LogP contribution is 2.40. The van der Waals surface area contributed by atoms with Crippen LogP contribution in [0.3, 0.4) is 0 Å². The van der Waals surface area contributed by atoms with Crippen molar-refractivity contribution in [2.75, 3.05) is 33.0 Å². The van der Waals surface area contributed by atoms with Gasteiger partial charge >= 0.3 is 6.03 Å². The number of benzene rings is 2. The van der Waals surface area contributed by atoms with Crippen LogP contribution in [0.4, 0.5) is 10.5 Å². The Balaban J connectivity index is 2.08. The lowest BCUT2D eigenvalue weighted by Gasteiger charge is -2.34. The van der Waals surface area contributed by atoms with Gasteiger partial charge in [0.2, 0.25) is 0 Å². The van der Waals surface area contributed by atoms with Gasteiger partial charge in [-0.25, -0.2) is 4.79 Å². The minimum absolute atomic E-state index is 0.0867. The van der Waals surface area contributed by atoms with E-state index in [0.717, 1.165) is 35.5 Å². The second kappa shape index (κ2) is 7.24. The number of nitrogens with one attached hydrogen (secondary N) is 1. The van der Waals surface area contributed by atoms with Crippen LogP contribution in [0.15, 0.2) is 36.4 Å². The van der Waals surface area contributed by atoms with E-state index in [2.05, 4.69) is 17.3 Å². The number of nitrogens with zero attached hydrogens (tertiary/aromatic N) is 2. The monoisotopic (exact) mass is 377 g/mol. The molecule has 4 nitrogen and oxygen atoms in total. The molecule has 1 aliphatic rings. The molecule has 2 aromatic rings. The number of likely N-dealkylation sites (N-methyl/N-ethyl adjacent to an activating group) is 1. The van der Waals surface area contributed by atoms with Gasteiger partial charge in [0.15, 0.2) is 0 Å². The molecule has 6 heteroatoms. The van der Waals surface area contributed by atoms with Crippen molar-refractivity contribution in [2.45, 2.75) is 12.5 Å². The molecule has 132 valence electrons. The number of fused-ring (bicyclic) bond motifs is 1. The Hall–Kier alpha value is -1.75. The average Bonchev–Trinajstić information content (AvgIpc) is 2.55. The molecular formula is C19H21Cl2N3O. The number of carbonyl (C=O) groups excluding carboxylic acids is 1. The summed E-state index contributed by atoms with van der Waals surface area (Å²) in [5, 5.41) is 4.31. The van der Waals surface area contributed by atoms with E-state index < -0.39 is 0 Å². The van der Waals surface area contributed by atoms with Crippen molar-refractivity contribution < 1.29 is 4.79 Å². The number of halogens is 2. The van der Waals surface area contributed by atoms with Gasteiger partial charge in [0.1, 0.15) is 0 Å². The maximum atomic E-state index is 12.1. The van der Waals surface area contributed by atoms with Gasteiger partial charge in [-0.3, -0.25) is 0 Å². The highest BCUT2D eigenvalue weighted by molar-refractivity contribution is 6.35. The number of hydrogen-bond donors (Lipinski definition) is 1. The first-order valence-corrected chi connectivity index (χ1v) is 8.86. The largest absolute Gasteiger partial charge is 0.331 e. The summed E-state index contributed by atoms with van der Waals surface area (Å²) in [5.41, 5.74) is 4.09. The topological polar surface area (TPSA) is 35.6 Å². The van der Waals surface area contributed by atoms with E-state index in [4.69, 9.17) is 23.2 Å². The summed E-state index contributed by atoms with van der Waals surface area (Å²) in [7, 11) is 5.52. The van der Waals surface area contributed by atoms with Gasteiger partial charge in [-0.05, 0) is 41.9 Å². The summed E-state index contributed by atoms with van der Waals surface area (Å²) in [6, 6.07) is 11.5. The number of para-hydroxylation sites is 1. The molecule has 0 radical (unpaired) electrons. The predicted molar refractivity (Wildman–Crippen MR) is 104 cm³/mol. The van der Waals surface area contributed by atoms with Crippen LogP contribution in [0.25, 0.3) is 0 Å². The Morgan fingerprint density at radius 3 is 2.64 bits per heavy atom. The van der Waals surface area contributed by atoms with Gasteiger partial charge in [-0.15, -0.1) is 0 Å². The molecule has 1 heterocycles. The van der Waals surface area contributed by atoms with Crippen LogP contribution >= 0.6 is 23.2 Å². The first kappa shape index (κ1) is 18.1. The summed E-state index contributed by atoms with van der Waals surface area (Å²) in [5.74, 6) is 0.0867. The van der Waals surface area contributed by atoms with Crippen LogP contribution < -0.4 is 5.32 Å². The second-order valence-corrected chi connectivity index (χ2v) is 7.46. The van der Waals surface area contributed by atoms with Crippen molar-refractivity contribution in [3.63, 3.8) is 0 Å². The Morgan fingerprint density at radius 1 is 1.20 bits per heavy atom. The van der Waals surface area contributed by atoms with Crippen LogP contribution in [0.2, 0.25) is 10.0 Å². The van der Waals surface area contributed by atoms with E-state index in [1.54, 1.807) is 20.2 Å². The van der Waals surface area contributed by atoms with Gasteiger partial charge in [-0.2, -0.15) is 0 Å². The minimum atomic E-state index is -0.152. The maximum Gasteiger partial charge on any atom is 0.321 e. The molecule has 25 heavy (non-hydrogen) atoms. The van der Waals surface area contributed by atoms with Gasteiger partial charge in [0.05, 0.1) is 0 Å². The summed E-state index contributed by atoms with van der Waals surface area (Å²) in [6.07, 6.45) is 0. The molecule has 0 bridgehead atoms. The quantitative estimate of drug-likeness (QED) is 0.825. The van der Waals surface area contributed by atoms with Crippen LogP contribution in [0.1, 0.15) is 22.6 Å². The predicted octanol–water partition coefficient (Wildman–Crippen LogP) is 4.66. The molecule has 0 aromatic heterocycles. The third-order valence-corrected chi connectivity index (χ3v) is 5.03. The molecule has 0 saturated heterocycles. The number of urea groups is 1. The molecule has 1 aliphatic heterocycles. The van der Waals surface area contributed by atoms with E-state index in [1.165, 1.54) is 4.90 Å². The zero-order chi connectivity index (χ0) is 18.1. The van der Waals surface area contributed by atoms with Gasteiger partial charge < -0.3 is 15.1 Å². The third kappa shape index (κ3) is 3.76. The lowest BCUT2D eigenvalue weighted by atomic mass is 9.84. The highest BCUT2D eigenvalue weighted by Gasteiger charge is 2.28. The molecule has 2 aromatic carbocycles. The molecule has 0 fully saturated rings. The average molecular weight is 378 g/mol. The molecule has 0 aliphatic carbocycles. The summed E-state index contributed by atoms with van der Waals surface area (Å²) >= 11 is 12.7. The number of anilines is 1. The van der Waals surface area contributed by atoms with E-state index in [1.807, 2.05) is 30.3 Å². The van der Waals surface area contributed by atoms with Crippen molar-refractivity contribution >= 4 is 34.9 Å². The van der Waals surface area contributed by atoms with Crippen molar-refractivity contribution in [2.24, 2.45) is 0 Å². The minimum Gasteiger partial charge on any atom is -0.331 e. The number of hydrogen-bond acceptors (Lipinski definition) is 2. The number of carbonyl (C=O) groups is 1. The first-order chi connectivity index (χ1) is 11.9. The lowest BCUT2D eigenvalue weighted by molar-refractivity contribution is 0.230. The van der Waals surface area contributed by atoms with Gasteiger partial charge in [-0.1, -0.05) is 41.4 Å². The molecular weight excluding hydrogens is 357 g/mol. The van der Waals surface area contributed by atoms with Gasteiger partial charge in [0, 0.05) is 48.8 Å². The van der Waals surface area contributed by atoms with Crippen LogP contribution in [0.5, 0.6) is 0 Å². The third-order valence-electron chi connectivity index (χ3n) is 4.48. The fraction of sp³-hybridized carbons (Fsp3) is 0.316. The zero-order valence-electron chi connectivity index (χ0n) is 14.5. The lowest BCUT2D eigenvalue weighted by Crippen LogP contribution is -2.32. The molecule has 3 rings (SSSR count). The van der Waals surface area contributed by atoms with Crippen LogP contribution in [0, 0.1) is 0 Å². The Labute approximate surface area is 158 Å². The van der Waals surface area contributed by atoms with Crippen LogP contribution in [-0.2, 0) is 6.54 Å². The smallest absolute Gasteiger partial charge is 0.321 e. The number of rotatable bonds is 2. The maximum absolute atomic E-state index is 12.1. The number of amides is 2. The van der Waals surface area contributed by atoms with Crippen molar-refractivity contribution in [1.82, 2.24) is 9.80 Å². The highest BCUT2D eigenvalue weighted by atomic mass is 35.5. The first-order valence-electron chi connectivity index (χ1n) is 8.10. The summed E-state index contributed by atoms with van der Waals surface area (Å²) < 4.78 is 0. The fourth-order valence-electron chi connectivity index (χ4n) is 3.25. The summed E-state index contributed by atoms with van der Waals surface area (Å²) in [6.45, 7) is 1.62. The molecule has 0 saturated carbocycles. The van der Waals surface area contributed by atoms with E-state index in [0.29, 0.717) is 10.0 Å². The molecule has 1 N–H and O–H groups in total. The standard InChI is InChI=1S/C19H21Cl2N3O/c1-23(2)19(25)22-18-7-5-4-6-13(18)15-10-24(3)11-16-14(15)8-12(20)9-17(16)21/h4-9,15H,10-11H2,1-3H3,(H,22,25). The van der Waals surface area contributed by atoms with Crippen LogP contribution in [-0.4, -0.2) is 43.5 Å². The normalized spacial score (nSPS) is 17.1. The van der Waals surface area contributed by atoms with E-state index in [9.17, 15) is 4.79 Å². The van der Waals surface area contributed by atoms with Crippen molar-refractivity contribution in [3.8, 4) is 0 Å². The SMILES string of the molecule is CN1Cc2c(Cl)cc(Cl)cc2C(c2ccccc2NC(=O)N(C)C)C1. The molecule has 1 unspecified atom stereocenters. The Morgan fingerprint density at radius 2 is 1.92 bits per heavy atom. The summed E-state index contributed by atoms with van der Waals surface area (Å²) in [4.78, 5) is 15.9. The van der Waals surface area contributed by atoms with Gasteiger partial charge in [0.25, 0.3) is 0 Å². The molecule has 1 atom stereocenters. The van der Waals surface area contributed by atoms with E-state index in [-0.39, 0.29) is 11.9 Å². The van der Waals surface area contributed by atoms with Crippen molar-refractivity contribution in [3.05, 3.63) is 63.1 Å². The Kier molecular flexibility index (Phi) is 5.23. The van der Waals surface area contributed by atoms with E-state index >= 15 is 0 Å². The van der Waals surface area contributed by atoms with Crippen molar-refractivity contribution in [1.29, 1.82) is 0 Å². The molecule has 0 spiro atoms. The fourth-order valence-corrected chi connectivity index (χ4v) is 3.82. The second-order valence-electron chi connectivity index (χ2n) is 6.62. The Bertz CT molecular complexity index is 807. The molecule has 2 amide bonds. The zero-order valence-corrected chi connectivity index (χ0v) is 16.0.